The highest BCUT2D eigenvalue weighted by molar-refractivity contribution is 4.64. The molecule has 0 radical (unpaired) electrons. The van der Waals surface area contributed by atoms with E-state index in [9.17, 15) is 0 Å². The zero-order valence-corrected chi connectivity index (χ0v) is 10.8. The molecule has 0 atom stereocenters. The molecular weight excluding hydrogens is 196 g/mol. The highest BCUT2D eigenvalue weighted by Gasteiger charge is 2.09. The largest absolute Gasteiger partial charge is 0.329 e. The van der Waals surface area contributed by atoms with Crippen LogP contribution in [0.25, 0.3) is 0 Å². The highest BCUT2D eigenvalue weighted by atomic mass is 14.9. The van der Waals surface area contributed by atoms with Crippen LogP contribution in [0.3, 0.4) is 0 Å². The van der Waals surface area contributed by atoms with Crippen LogP contribution in [0.15, 0.2) is 0 Å². The monoisotopic (exact) mass is 226 g/mol. The molecule has 0 aromatic carbocycles. The van der Waals surface area contributed by atoms with Gasteiger partial charge in [-0.25, -0.2) is 0 Å². The first kappa shape index (κ1) is 14.0. The fourth-order valence-corrected chi connectivity index (χ4v) is 2.75. The van der Waals surface area contributed by atoms with E-state index >= 15 is 0 Å². The fourth-order valence-electron chi connectivity index (χ4n) is 2.75. The van der Waals surface area contributed by atoms with E-state index in [4.69, 9.17) is 5.73 Å². The molecule has 0 amide bonds. The molecule has 0 saturated heterocycles. The predicted molar refractivity (Wildman–Crippen MR) is 71.6 cm³/mol. The van der Waals surface area contributed by atoms with E-state index < -0.39 is 0 Å². The van der Waals surface area contributed by atoms with Crippen molar-refractivity contribution in [3.05, 3.63) is 0 Å². The van der Waals surface area contributed by atoms with Gasteiger partial charge in [-0.2, -0.15) is 0 Å². The lowest BCUT2D eigenvalue weighted by Crippen LogP contribution is -2.23. The van der Waals surface area contributed by atoms with Crippen LogP contribution in [0.4, 0.5) is 0 Å². The van der Waals surface area contributed by atoms with Gasteiger partial charge in [-0.05, 0) is 25.3 Å². The lowest BCUT2D eigenvalue weighted by atomic mass is 9.92. The molecule has 16 heavy (non-hydrogen) atoms. The number of nitrogens with two attached hydrogens (primary N) is 1. The Balaban J connectivity index is 2.03. The maximum atomic E-state index is 5.45. The molecule has 1 aliphatic rings. The predicted octanol–water partition coefficient (Wildman–Crippen LogP) is 3.07. The van der Waals surface area contributed by atoms with Gasteiger partial charge in [0.25, 0.3) is 0 Å². The second-order valence-corrected chi connectivity index (χ2v) is 5.25. The number of rotatable bonds is 6. The highest BCUT2D eigenvalue weighted by Crippen LogP contribution is 2.24. The van der Waals surface area contributed by atoms with Gasteiger partial charge in [0.05, 0.1) is 0 Å². The summed E-state index contributed by atoms with van der Waals surface area (Å²) in [5.74, 6) is 1.01. The van der Waals surface area contributed by atoms with Gasteiger partial charge in [0.2, 0.25) is 0 Å². The minimum Gasteiger partial charge on any atom is -0.329 e. The molecule has 0 bridgehead atoms. The van der Waals surface area contributed by atoms with Gasteiger partial charge in [0.1, 0.15) is 0 Å². The Morgan fingerprint density at radius 3 is 2.12 bits per heavy atom. The summed E-state index contributed by atoms with van der Waals surface area (Å²) >= 11 is 0. The van der Waals surface area contributed by atoms with Crippen LogP contribution >= 0.6 is 0 Å². The van der Waals surface area contributed by atoms with E-state index in [1.807, 2.05) is 0 Å². The van der Waals surface area contributed by atoms with Gasteiger partial charge in [-0.15, -0.1) is 0 Å². The maximum absolute atomic E-state index is 5.45. The van der Waals surface area contributed by atoms with Crippen LogP contribution in [-0.2, 0) is 0 Å². The lowest BCUT2D eigenvalue weighted by molar-refractivity contribution is 0.386. The van der Waals surface area contributed by atoms with Crippen molar-refractivity contribution < 1.29 is 0 Å². The van der Waals surface area contributed by atoms with E-state index in [0.717, 1.165) is 25.6 Å². The average molecular weight is 226 g/mol. The SMILES string of the molecule is NCCNCCCC1CCCCCCCC1. The molecule has 1 fully saturated rings. The molecule has 0 aliphatic heterocycles. The van der Waals surface area contributed by atoms with Gasteiger partial charge >= 0.3 is 0 Å². The molecule has 1 aliphatic carbocycles. The molecular formula is C14H30N2. The third kappa shape index (κ3) is 7.24. The Bertz CT molecular complexity index is 138. The third-order valence-corrected chi connectivity index (χ3v) is 3.76. The standard InChI is InChI=1S/C14H30N2/c15-11-13-16-12-7-10-14-8-5-3-1-2-4-6-9-14/h14,16H,1-13,15H2. The number of hydrogen-bond donors (Lipinski definition) is 2. The minimum atomic E-state index is 0.767. The first-order valence-corrected chi connectivity index (χ1v) is 7.34. The summed E-state index contributed by atoms with van der Waals surface area (Å²) in [6, 6.07) is 0. The van der Waals surface area contributed by atoms with Crippen molar-refractivity contribution in [2.75, 3.05) is 19.6 Å². The van der Waals surface area contributed by atoms with Crippen LogP contribution in [0, 0.1) is 5.92 Å². The lowest BCUT2D eigenvalue weighted by Gasteiger charge is -2.15. The molecule has 96 valence electrons. The molecule has 0 spiro atoms. The third-order valence-electron chi connectivity index (χ3n) is 3.76. The van der Waals surface area contributed by atoms with Crippen LogP contribution in [0.5, 0.6) is 0 Å². The Labute approximate surface area is 101 Å². The molecule has 0 heterocycles. The van der Waals surface area contributed by atoms with E-state index in [2.05, 4.69) is 5.32 Å². The summed E-state index contributed by atoms with van der Waals surface area (Å²) in [6.07, 6.45) is 14.6. The number of nitrogens with one attached hydrogen (secondary N) is 1. The van der Waals surface area contributed by atoms with E-state index in [-0.39, 0.29) is 0 Å². The second kappa shape index (κ2) is 10.1. The van der Waals surface area contributed by atoms with E-state index in [0.29, 0.717) is 0 Å². The zero-order valence-electron chi connectivity index (χ0n) is 10.8. The van der Waals surface area contributed by atoms with Crippen molar-refractivity contribution in [3.8, 4) is 0 Å². The Morgan fingerprint density at radius 2 is 1.50 bits per heavy atom. The Hall–Kier alpha value is -0.0800. The van der Waals surface area contributed by atoms with Gasteiger partial charge in [-0.1, -0.05) is 51.4 Å². The number of hydrogen-bond acceptors (Lipinski definition) is 2. The Kier molecular flexibility index (Phi) is 8.83. The summed E-state index contributed by atoms with van der Waals surface area (Å²) in [5, 5.41) is 3.39. The molecule has 0 aromatic rings. The van der Waals surface area contributed by atoms with Crippen LogP contribution in [0.2, 0.25) is 0 Å². The van der Waals surface area contributed by atoms with Crippen molar-refractivity contribution in [2.24, 2.45) is 11.7 Å². The van der Waals surface area contributed by atoms with Gasteiger partial charge in [-0.3, -0.25) is 0 Å². The first-order chi connectivity index (χ1) is 7.93. The van der Waals surface area contributed by atoms with Crippen molar-refractivity contribution in [1.82, 2.24) is 5.32 Å². The van der Waals surface area contributed by atoms with Gasteiger partial charge in [0.15, 0.2) is 0 Å². The van der Waals surface area contributed by atoms with Gasteiger partial charge in [0, 0.05) is 13.1 Å². The van der Waals surface area contributed by atoms with Crippen LogP contribution < -0.4 is 11.1 Å². The summed E-state index contributed by atoms with van der Waals surface area (Å²) < 4.78 is 0. The summed E-state index contributed by atoms with van der Waals surface area (Å²) in [5.41, 5.74) is 5.45. The van der Waals surface area contributed by atoms with Gasteiger partial charge < -0.3 is 11.1 Å². The maximum Gasteiger partial charge on any atom is 0.00745 e. The summed E-state index contributed by atoms with van der Waals surface area (Å²) in [4.78, 5) is 0. The molecule has 1 rings (SSSR count). The molecule has 2 nitrogen and oxygen atoms in total. The van der Waals surface area contributed by atoms with Crippen molar-refractivity contribution in [3.63, 3.8) is 0 Å². The van der Waals surface area contributed by atoms with Crippen LogP contribution in [0.1, 0.15) is 64.2 Å². The Morgan fingerprint density at radius 1 is 0.875 bits per heavy atom. The van der Waals surface area contributed by atoms with Crippen molar-refractivity contribution in [2.45, 2.75) is 64.2 Å². The minimum absolute atomic E-state index is 0.767. The smallest absolute Gasteiger partial charge is 0.00745 e. The first-order valence-electron chi connectivity index (χ1n) is 7.34. The molecule has 3 N–H and O–H groups in total. The summed E-state index contributed by atoms with van der Waals surface area (Å²) in [7, 11) is 0. The molecule has 1 saturated carbocycles. The topological polar surface area (TPSA) is 38.0 Å². The van der Waals surface area contributed by atoms with E-state index in [1.54, 1.807) is 0 Å². The summed E-state index contributed by atoms with van der Waals surface area (Å²) in [6.45, 7) is 2.90. The van der Waals surface area contributed by atoms with Crippen molar-refractivity contribution >= 4 is 0 Å². The van der Waals surface area contributed by atoms with Crippen molar-refractivity contribution in [1.29, 1.82) is 0 Å². The average Bonchev–Trinajstić information content (AvgIpc) is 2.42. The van der Waals surface area contributed by atoms with Crippen LogP contribution in [-0.4, -0.2) is 19.6 Å². The second-order valence-electron chi connectivity index (χ2n) is 5.25. The molecule has 2 heteroatoms. The molecule has 0 unspecified atom stereocenters. The normalized spacial score (nSPS) is 20.1. The van der Waals surface area contributed by atoms with E-state index in [1.165, 1.54) is 64.2 Å². The zero-order chi connectivity index (χ0) is 11.5. The molecule has 0 aromatic heterocycles. The fraction of sp³-hybridized carbons (Fsp3) is 1.00. The quantitative estimate of drug-likeness (QED) is 0.683.